The van der Waals surface area contributed by atoms with Gasteiger partial charge in [0, 0.05) is 17.6 Å². The summed E-state index contributed by atoms with van der Waals surface area (Å²) in [6, 6.07) is 17.4. The van der Waals surface area contributed by atoms with Crippen LogP contribution in [0.5, 0.6) is 0 Å². The van der Waals surface area contributed by atoms with Crippen LogP contribution in [-0.4, -0.2) is 21.5 Å². The number of benzene rings is 2. The second kappa shape index (κ2) is 7.72. The van der Waals surface area contributed by atoms with Crippen molar-refractivity contribution in [2.45, 2.75) is 20.8 Å². The number of nitrogens with one attached hydrogen (secondary N) is 1. The molecule has 0 spiro atoms. The van der Waals surface area contributed by atoms with E-state index in [9.17, 15) is 9.59 Å². The van der Waals surface area contributed by atoms with Gasteiger partial charge in [-0.25, -0.2) is 0 Å². The van der Waals surface area contributed by atoms with Crippen molar-refractivity contribution in [3.05, 3.63) is 88.8 Å². The first-order valence-electron chi connectivity index (χ1n) is 9.59. The predicted octanol–water partition coefficient (Wildman–Crippen LogP) is 4.23. The van der Waals surface area contributed by atoms with Gasteiger partial charge in [0.05, 0.1) is 5.69 Å². The Kier molecular flexibility index (Phi) is 5.10. The Morgan fingerprint density at radius 2 is 1.67 bits per heavy atom. The minimum absolute atomic E-state index is 0.0390. The number of carbonyl (C=O) groups is 2. The van der Waals surface area contributed by atoms with Crippen molar-refractivity contribution in [2.24, 2.45) is 0 Å². The van der Waals surface area contributed by atoms with Gasteiger partial charge in [-0.05, 0) is 74.5 Å². The molecule has 0 unspecified atom stereocenters. The van der Waals surface area contributed by atoms with Crippen LogP contribution in [0.15, 0.2) is 66.4 Å². The van der Waals surface area contributed by atoms with Gasteiger partial charge in [-0.3, -0.25) is 19.8 Å². The zero-order chi connectivity index (χ0) is 21.4. The van der Waals surface area contributed by atoms with Crippen molar-refractivity contribution in [1.29, 1.82) is 0 Å². The third kappa shape index (κ3) is 3.46. The molecule has 0 atom stereocenters. The number of aryl methyl sites for hydroxylation is 3. The predicted molar refractivity (Wildman–Crippen MR) is 123 cm³/mol. The van der Waals surface area contributed by atoms with Crippen molar-refractivity contribution >= 4 is 40.9 Å². The van der Waals surface area contributed by atoms with Gasteiger partial charge >= 0.3 is 0 Å². The molecule has 0 aliphatic carbocycles. The lowest BCUT2D eigenvalue weighted by molar-refractivity contribution is -0.122. The largest absolute Gasteiger partial charge is 0.317 e. The highest BCUT2D eigenvalue weighted by molar-refractivity contribution is 7.80. The second-order valence-electron chi connectivity index (χ2n) is 7.34. The highest BCUT2D eigenvalue weighted by Gasteiger charge is 2.35. The summed E-state index contributed by atoms with van der Waals surface area (Å²) in [7, 11) is 0. The summed E-state index contributed by atoms with van der Waals surface area (Å²) in [5, 5.41) is 2.74. The molecule has 2 heterocycles. The van der Waals surface area contributed by atoms with Crippen LogP contribution in [0.2, 0.25) is 0 Å². The molecule has 0 saturated carbocycles. The zero-order valence-corrected chi connectivity index (χ0v) is 17.8. The molecule has 1 N–H and O–H groups in total. The molecule has 1 aliphatic rings. The summed E-state index contributed by atoms with van der Waals surface area (Å²) in [6.45, 7) is 5.92. The third-order valence-corrected chi connectivity index (χ3v) is 5.43. The topological polar surface area (TPSA) is 54.3 Å². The normalized spacial score (nSPS) is 15.6. The van der Waals surface area contributed by atoms with E-state index < -0.39 is 11.8 Å². The Labute approximate surface area is 180 Å². The van der Waals surface area contributed by atoms with Crippen molar-refractivity contribution < 1.29 is 9.59 Å². The number of rotatable bonds is 3. The molecule has 2 aromatic carbocycles. The lowest BCUT2D eigenvalue weighted by atomic mass is 10.1. The van der Waals surface area contributed by atoms with Gasteiger partial charge in [-0.1, -0.05) is 35.9 Å². The minimum atomic E-state index is -0.497. The minimum Gasteiger partial charge on any atom is -0.317 e. The van der Waals surface area contributed by atoms with Crippen LogP contribution < -0.4 is 10.2 Å². The molecule has 0 bridgehead atoms. The fourth-order valence-electron chi connectivity index (χ4n) is 3.65. The van der Waals surface area contributed by atoms with Crippen LogP contribution in [0.3, 0.4) is 0 Å². The van der Waals surface area contributed by atoms with E-state index in [0.29, 0.717) is 5.69 Å². The molecule has 3 aromatic rings. The van der Waals surface area contributed by atoms with Crippen LogP contribution in [0.1, 0.15) is 22.4 Å². The summed E-state index contributed by atoms with van der Waals surface area (Å²) in [4.78, 5) is 27.4. The Bertz CT molecular complexity index is 1220. The van der Waals surface area contributed by atoms with Gasteiger partial charge in [0.1, 0.15) is 5.57 Å². The van der Waals surface area contributed by atoms with Gasteiger partial charge in [-0.2, -0.15) is 0 Å². The Balaban J connectivity index is 1.78. The number of hydrogen-bond acceptors (Lipinski definition) is 3. The third-order valence-electron chi connectivity index (χ3n) is 5.14. The van der Waals surface area contributed by atoms with E-state index in [1.165, 1.54) is 4.90 Å². The van der Waals surface area contributed by atoms with E-state index >= 15 is 0 Å². The lowest BCUT2D eigenvalue weighted by Gasteiger charge is -2.30. The number of hydrogen-bond donors (Lipinski definition) is 1. The monoisotopic (exact) mass is 415 g/mol. The quantitative estimate of drug-likeness (QED) is 0.396. The SMILES string of the molecule is Cc1ccc(N2C(=O)/C(=C/c3cccn3-c3ccccc3C)C(=O)NC2=S)c(C)c1. The average Bonchev–Trinajstić information content (AvgIpc) is 3.15. The smallest absolute Gasteiger partial charge is 0.270 e. The van der Waals surface area contributed by atoms with Gasteiger partial charge in [0.25, 0.3) is 11.8 Å². The van der Waals surface area contributed by atoms with Crippen LogP contribution in [-0.2, 0) is 9.59 Å². The Hall–Kier alpha value is -3.51. The molecule has 6 heteroatoms. The molecule has 0 radical (unpaired) electrons. The first kappa shape index (κ1) is 19.8. The number of nitrogens with zero attached hydrogens (tertiary/aromatic N) is 2. The summed E-state index contributed by atoms with van der Waals surface area (Å²) in [6.07, 6.45) is 3.52. The summed E-state index contributed by atoms with van der Waals surface area (Å²) < 4.78 is 1.96. The number of carbonyl (C=O) groups excluding carboxylic acids is 2. The van der Waals surface area contributed by atoms with E-state index in [1.807, 2.05) is 86.1 Å². The highest BCUT2D eigenvalue weighted by atomic mass is 32.1. The van der Waals surface area contributed by atoms with E-state index in [1.54, 1.807) is 6.08 Å². The Morgan fingerprint density at radius 1 is 0.900 bits per heavy atom. The van der Waals surface area contributed by atoms with Crippen molar-refractivity contribution in [2.75, 3.05) is 4.90 Å². The fraction of sp³-hybridized carbons (Fsp3) is 0.125. The number of para-hydroxylation sites is 1. The number of anilines is 1. The zero-order valence-electron chi connectivity index (χ0n) is 17.0. The molecule has 1 aromatic heterocycles. The number of thiocarbonyl (C=S) groups is 1. The molecule has 1 fully saturated rings. The second-order valence-corrected chi connectivity index (χ2v) is 7.72. The van der Waals surface area contributed by atoms with Crippen LogP contribution in [0.4, 0.5) is 5.69 Å². The van der Waals surface area contributed by atoms with E-state index in [0.717, 1.165) is 28.1 Å². The van der Waals surface area contributed by atoms with Gasteiger partial charge < -0.3 is 4.57 Å². The molecular weight excluding hydrogens is 394 g/mol. The molecular formula is C24H21N3O2S. The molecule has 1 aliphatic heterocycles. The van der Waals surface area contributed by atoms with Crippen molar-refractivity contribution in [1.82, 2.24) is 9.88 Å². The number of amides is 2. The average molecular weight is 416 g/mol. The summed E-state index contributed by atoms with van der Waals surface area (Å²) in [5.41, 5.74) is 5.50. The van der Waals surface area contributed by atoms with Crippen molar-refractivity contribution in [3.63, 3.8) is 0 Å². The van der Waals surface area contributed by atoms with Crippen LogP contribution >= 0.6 is 12.2 Å². The molecule has 30 heavy (non-hydrogen) atoms. The molecule has 1 saturated heterocycles. The molecule has 5 nitrogen and oxygen atoms in total. The summed E-state index contributed by atoms with van der Waals surface area (Å²) >= 11 is 5.32. The Morgan fingerprint density at radius 3 is 2.40 bits per heavy atom. The van der Waals surface area contributed by atoms with Gasteiger partial charge in [-0.15, -0.1) is 0 Å². The van der Waals surface area contributed by atoms with Crippen LogP contribution in [0.25, 0.3) is 11.8 Å². The molecule has 4 rings (SSSR count). The first-order valence-corrected chi connectivity index (χ1v) is 9.99. The van der Waals surface area contributed by atoms with Gasteiger partial charge in [0.2, 0.25) is 0 Å². The number of aromatic nitrogens is 1. The molecule has 150 valence electrons. The van der Waals surface area contributed by atoms with E-state index in [2.05, 4.69) is 5.32 Å². The van der Waals surface area contributed by atoms with Crippen molar-refractivity contribution in [3.8, 4) is 5.69 Å². The molecule has 2 amide bonds. The van der Waals surface area contributed by atoms with E-state index in [-0.39, 0.29) is 10.7 Å². The maximum atomic E-state index is 13.3. The van der Waals surface area contributed by atoms with E-state index in [4.69, 9.17) is 12.2 Å². The highest BCUT2D eigenvalue weighted by Crippen LogP contribution is 2.27. The maximum Gasteiger partial charge on any atom is 0.270 e. The first-order chi connectivity index (χ1) is 14.4. The summed E-state index contributed by atoms with van der Waals surface area (Å²) in [5.74, 6) is -0.934. The fourth-order valence-corrected chi connectivity index (χ4v) is 3.92. The standard InChI is InChI=1S/C24H21N3O2S/c1-15-10-11-21(17(3)13-15)27-23(29)19(22(28)25-24(27)30)14-18-8-6-12-26(18)20-9-5-4-7-16(20)2/h4-14H,1-3H3,(H,25,28,30)/b19-14+. The van der Waals surface area contributed by atoms with Crippen LogP contribution in [0, 0.1) is 20.8 Å². The lowest BCUT2D eigenvalue weighted by Crippen LogP contribution is -2.54. The maximum absolute atomic E-state index is 13.3. The van der Waals surface area contributed by atoms with Gasteiger partial charge in [0.15, 0.2) is 5.11 Å².